The van der Waals surface area contributed by atoms with E-state index < -0.39 is 0 Å². The predicted octanol–water partition coefficient (Wildman–Crippen LogP) is 5.81. The molecule has 0 aliphatic heterocycles. The molecule has 0 radical (unpaired) electrons. The first kappa shape index (κ1) is 20.7. The van der Waals surface area contributed by atoms with E-state index in [4.69, 9.17) is 20.8 Å². The van der Waals surface area contributed by atoms with E-state index in [1.54, 1.807) is 24.3 Å². The molecule has 0 fully saturated rings. The fraction of sp³-hybridized carbons (Fsp3) is 0.120. The molecule has 5 nitrogen and oxygen atoms in total. The van der Waals surface area contributed by atoms with Crippen LogP contribution in [0.1, 0.15) is 27.4 Å². The molecule has 0 atom stereocenters. The topological polar surface area (TPSA) is 64.4 Å². The van der Waals surface area contributed by atoms with Gasteiger partial charge in [0.15, 0.2) is 0 Å². The van der Waals surface area contributed by atoms with E-state index in [0.717, 1.165) is 22.6 Å². The summed E-state index contributed by atoms with van der Waals surface area (Å²) in [6.45, 7) is 2.62. The summed E-state index contributed by atoms with van der Waals surface area (Å²) in [5.74, 6) is 1.83. The molecule has 0 aliphatic carbocycles. The number of carbonyl (C=O) groups excluding carboxylic acids is 1. The SMILES string of the molecule is Cc1oc(-c2ccc(C(=O)NCc3ccc(Cl)cc3)cc2)nc1COc1ccccc1. The molecular formula is C25H21ClN2O3. The smallest absolute Gasteiger partial charge is 0.251 e. The number of rotatable bonds is 7. The molecule has 1 amide bonds. The third-order valence-corrected chi connectivity index (χ3v) is 5.02. The van der Waals surface area contributed by atoms with Gasteiger partial charge in [0.2, 0.25) is 5.89 Å². The molecule has 0 saturated heterocycles. The van der Waals surface area contributed by atoms with Crippen molar-refractivity contribution in [1.29, 1.82) is 0 Å². The van der Waals surface area contributed by atoms with E-state index in [1.165, 1.54) is 0 Å². The number of halogens is 1. The van der Waals surface area contributed by atoms with Crippen molar-refractivity contribution in [2.24, 2.45) is 0 Å². The lowest BCUT2D eigenvalue weighted by atomic mass is 10.1. The molecule has 156 valence electrons. The monoisotopic (exact) mass is 432 g/mol. The van der Waals surface area contributed by atoms with Gasteiger partial charge >= 0.3 is 0 Å². The average Bonchev–Trinajstić information content (AvgIpc) is 3.18. The van der Waals surface area contributed by atoms with E-state index in [1.807, 2.05) is 61.5 Å². The summed E-state index contributed by atoms with van der Waals surface area (Å²) in [4.78, 5) is 17.0. The Balaban J connectivity index is 1.38. The quantitative estimate of drug-likeness (QED) is 0.400. The summed E-state index contributed by atoms with van der Waals surface area (Å²) >= 11 is 5.89. The molecule has 1 aromatic heterocycles. The summed E-state index contributed by atoms with van der Waals surface area (Å²) in [7, 11) is 0. The first-order valence-electron chi connectivity index (χ1n) is 9.86. The molecule has 4 aromatic rings. The second-order valence-corrected chi connectivity index (χ2v) is 7.45. The van der Waals surface area contributed by atoms with E-state index >= 15 is 0 Å². The number of nitrogens with one attached hydrogen (secondary N) is 1. The van der Waals surface area contributed by atoms with Crippen molar-refractivity contribution >= 4 is 17.5 Å². The molecule has 4 rings (SSSR count). The molecule has 0 bridgehead atoms. The van der Waals surface area contributed by atoms with Gasteiger partial charge in [-0.3, -0.25) is 4.79 Å². The van der Waals surface area contributed by atoms with Gasteiger partial charge in [-0.25, -0.2) is 4.98 Å². The largest absolute Gasteiger partial charge is 0.487 e. The number of oxazole rings is 1. The zero-order valence-electron chi connectivity index (χ0n) is 17.0. The highest BCUT2D eigenvalue weighted by Crippen LogP contribution is 2.23. The Morgan fingerprint density at radius 1 is 1.00 bits per heavy atom. The first-order chi connectivity index (χ1) is 15.1. The highest BCUT2D eigenvalue weighted by Gasteiger charge is 2.13. The lowest BCUT2D eigenvalue weighted by Crippen LogP contribution is -2.22. The van der Waals surface area contributed by atoms with Crippen LogP contribution in [0.3, 0.4) is 0 Å². The maximum absolute atomic E-state index is 12.4. The van der Waals surface area contributed by atoms with Crippen LogP contribution in [0.15, 0.2) is 83.3 Å². The van der Waals surface area contributed by atoms with Gasteiger partial charge in [-0.15, -0.1) is 0 Å². The number of nitrogens with zero attached hydrogens (tertiary/aromatic N) is 1. The van der Waals surface area contributed by atoms with Gasteiger partial charge in [0.25, 0.3) is 5.91 Å². The highest BCUT2D eigenvalue weighted by atomic mass is 35.5. The van der Waals surface area contributed by atoms with Crippen LogP contribution in [0.25, 0.3) is 11.5 Å². The van der Waals surface area contributed by atoms with Crippen LogP contribution in [0.2, 0.25) is 5.02 Å². The molecule has 0 unspecified atom stereocenters. The lowest BCUT2D eigenvalue weighted by molar-refractivity contribution is 0.0951. The lowest BCUT2D eigenvalue weighted by Gasteiger charge is -2.06. The predicted molar refractivity (Wildman–Crippen MR) is 120 cm³/mol. The first-order valence-corrected chi connectivity index (χ1v) is 10.2. The molecular weight excluding hydrogens is 412 g/mol. The van der Waals surface area contributed by atoms with Crippen molar-refractivity contribution < 1.29 is 13.9 Å². The normalized spacial score (nSPS) is 10.6. The fourth-order valence-corrected chi connectivity index (χ4v) is 3.13. The Bertz CT molecular complexity index is 1150. The van der Waals surface area contributed by atoms with Crippen LogP contribution in [-0.2, 0) is 13.2 Å². The van der Waals surface area contributed by atoms with Crippen molar-refractivity contribution in [2.75, 3.05) is 0 Å². The minimum absolute atomic E-state index is 0.151. The van der Waals surface area contributed by atoms with Crippen LogP contribution in [0.4, 0.5) is 0 Å². The number of hydrogen-bond acceptors (Lipinski definition) is 4. The molecule has 3 aromatic carbocycles. The van der Waals surface area contributed by atoms with Gasteiger partial charge in [0.1, 0.15) is 23.8 Å². The Morgan fingerprint density at radius 3 is 2.42 bits per heavy atom. The van der Waals surface area contributed by atoms with Gasteiger partial charge < -0.3 is 14.5 Å². The second-order valence-electron chi connectivity index (χ2n) is 7.01. The molecule has 1 heterocycles. The molecule has 31 heavy (non-hydrogen) atoms. The third-order valence-electron chi connectivity index (χ3n) is 4.77. The summed E-state index contributed by atoms with van der Waals surface area (Å²) in [5.41, 5.74) is 3.08. The standard InChI is InChI=1S/C25H21ClN2O3/c1-17-23(16-30-22-5-3-2-4-6-22)28-25(31-17)20-11-9-19(10-12-20)24(29)27-15-18-7-13-21(26)14-8-18/h2-14H,15-16H2,1H3,(H,27,29). The molecule has 0 aliphatic rings. The van der Waals surface area contributed by atoms with Gasteiger partial charge in [0.05, 0.1) is 0 Å². The zero-order valence-corrected chi connectivity index (χ0v) is 17.7. The van der Waals surface area contributed by atoms with Crippen LogP contribution < -0.4 is 10.1 Å². The van der Waals surface area contributed by atoms with Crippen molar-refractivity contribution in [3.8, 4) is 17.2 Å². The Morgan fingerprint density at radius 2 is 1.71 bits per heavy atom. The number of aryl methyl sites for hydroxylation is 1. The summed E-state index contributed by atoms with van der Waals surface area (Å²) in [6.07, 6.45) is 0. The maximum Gasteiger partial charge on any atom is 0.251 e. The van der Waals surface area contributed by atoms with E-state index in [9.17, 15) is 4.79 Å². The van der Waals surface area contributed by atoms with Crippen molar-refractivity contribution in [3.63, 3.8) is 0 Å². The van der Waals surface area contributed by atoms with Gasteiger partial charge in [0, 0.05) is 22.7 Å². The van der Waals surface area contributed by atoms with E-state index in [-0.39, 0.29) is 5.91 Å². The van der Waals surface area contributed by atoms with Gasteiger partial charge in [-0.1, -0.05) is 41.9 Å². The zero-order chi connectivity index (χ0) is 21.6. The Hall–Kier alpha value is -3.57. The number of aromatic nitrogens is 1. The summed E-state index contributed by atoms with van der Waals surface area (Å²) in [6, 6.07) is 24.1. The van der Waals surface area contributed by atoms with Gasteiger partial charge in [-0.2, -0.15) is 0 Å². The van der Waals surface area contributed by atoms with Crippen LogP contribution in [-0.4, -0.2) is 10.9 Å². The van der Waals surface area contributed by atoms with Crippen LogP contribution >= 0.6 is 11.6 Å². The number of benzene rings is 3. The summed E-state index contributed by atoms with van der Waals surface area (Å²) < 4.78 is 11.6. The number of carbonyl (C=O) groups is 1. The Labute approximate surface area is 185 Å². The van der Waals surface area contributed by atoms with Crippen molar-refractivity contribution in [3.05, 3.63) is 106 Å². The van der Waals surface area contributed by atoms with E-state index in [2.05, 4.69) is 10.3 Å². The van der Waals surface area contributed by atoms with E-state index in [0.29, 0.717) is 35.4 Å². The summed E-state index contributed by atoms with van der Waals surface area (Å²) in [5, 5.41) is 3.57. The third kappa shape index (κ3) is 5.32. The number of hydrogen-bond donors (Lipinski definition) is 1. The van der Waals surface area contributed by atoms with Crippen LogP contribution in [0.5, 0.6) is 5.75 Å². The minimum Gasteiger partial charge on any atom is -0.487 e. The maximum atomic E-state index is 12.4. The molecule has 1 N–H and O–H groups in total. The second kappa shape index (κ2) is 9.49. The Kier molecular flexibility index (Phi) is 6.34. The fourth-order valence-electron chi connectivity index (χ4n) is 3.00. The van der Waals surface area contributed by atoms with Gasteiger partial charge in [-0.05, 0) is 61.0 Å². The van der Waals surface area contributed by atoms with Crippen molar-refractivity contribution in [2.45, 2.75) is 20.1 Å². The number of ether oxygens (including phenoxy) is 1. The van der Waals surface area contributed by atoms with Crippen LogP contribution in [0, 0.1) is 6.92 Å². The number of para-hydroxylation sites is 1. The molecule has 6 heteroatoms. The average molecular weight is 433 g/mol. The molecule has 0 spiro atoms. The van der Waals surface area contributed by atoms with Crippen molar-refractivity contribution in [1.82, 2.24) is 10.3 Å². The number of amides is 1. The highest BCUT2D eigenvalue weighted by molar-refractivity contribution is 6.30. The minimum atomic E-state index is -0.151. The molecule has 0 saturated carbocycles.